The van der Waals surface area contributed by atoms with Crippen molar-refractivity contribution in [1.29, 1.82) is 0 Å². The number of hydrogen-bond acceptors (Lipinski definition) is 0. The Hall–Kier alpha value is -1.68. The highest BCUT2D eigenvalue weighted by Gasteiger charge is 2.69. The first kappa shape index (κ1) is 199. The number of alkyl halides is 24. The van der Waals surface area contributed by atoms with Crippen molar-refractivity contribution in [2.45, 2.75) is 292 Å². The highest BCUT2D eigenvalue weighted by Crippen LogP contribution is 2.45. The van der Waals surface area contributed by atoms with E-state index in [1.807, 2.05) is 0 Å². The molecule has 0 heterocycles. The highest BCUT2D eigenvalue weighted by atomic mass is 19.4. The molecule has 0 nitrogen and oxygen atoms in total. The van der Waals surface area contributed by atoms with Crippen molar-refractivity contribution >= 4 is 0 Å². The van der Waals surface area contributed by atoms with Gasteiger partial charge in [-0.2, -0.15) is 52.7 Å². The first-order valence-electron chi connectivity index (χ1n) is 13.6. The molecule has 0 saturated heterocycles. The predicted octanol–water partition coefficient (Wildman–Crippen LogP) is 27.7. The summed E-state index contributed by atoms with van der Waals surface area (Å²) < 4.78 is 266. The minimum absolute atomic E-state index is 0. The molecular formula is C47H128F24. The average molecular weight is 1150 g/mol. The molecular weight excluding hydrogens is 1020 g/mol. The lowest BCUT2D eigenvalue weighted by atomic mass is 10.1. The zero-order valence-corrected chi connectivity index (χ0v) is 28.1. The standard InChI is InChI=1S/C4H3F7.2C4H6F4.2C3H5F3.2C3H7F.C2H5F.21CH4/c1-2(5,3(6,7)8)4(9,10)11;2*1-2-3(5)4(6,7)8;2*1-3(5,6)2-4;2*1-2-3-4;1-2-3;;;;;;;;;;;;;;;;;;;;;/h1H3;2*3H,2H2,1H3;2*2H2,1H3;2*2-3H2,1H3;2H2,1H3;21*1H4. The number of rotatable bonds is 6. The first-order chi connectivity index (χ1) is 21.8. The van der Waals surface area contributed by atoms with Gasteiger partial charge in [-0.1, -0.05) is 184 Å². The molecule has 0 bridgehead atoms. The summed E-state index contributed by atoms with van der Waals surface area (Å²) >= 11 is 0. The van der Waals surface area contributed by atoms with Crippen molar-refractivity contribution in [3.63, 3.8) is 0 Å². The lowest BCUT2D eigenvalue weighted by Crippen LogP contribution is -2.50. The van der Waals surface area contributed by atoms with E-state index in [0.717, 1.165) is 13.8 Å². The molecule has 0 saturated carbocycles. The van der Waals surface area contributed by atoms with Gasteiger partial charge in [-0.25, -0.2) is 39.5 Å². The van der Waals surface area contributed by atoms with Crippen LogP contribution in [-0.2, 0) is 0 Å². The van der Waals surface area contributed by atoms with Gasteiger partial charge in [-0.15, -0.1) is 0 Å². The fourth-order valence-corrected chi connectivity index (χ4v) is 0.624. The molecule has 0 aromatic rings. The van der Waals surface area contributed by atoms with Gasteiger partial charge < -0.3 is 0 Å². The molecule has 2 atom stereocenters. The Kier molecular flexibility index (Phi) is 284. The maximum Gasteiger partial charge on any atom is 0.431 e. The van der Waals surface area contributed by atoms with Gasteiger partial charge in [0.1, 0.15) is 0 Å². The van der Waals surface area contributed by atoms with Crippen LogP contribution >= 0.6 is 0 Å². The summed E-state index contributed by atoms with van der Waals surface area (Å²) in [4.78, 5) is 0. The quantitative estimate of drug-likeness (QED) is 0.233. The van der Waals surface area contributed by atoms with Gasteiger partial charge in [0, 0.05) is 13.8 Å². The predicted molar refractivity (Wildman–Crippen MR) is 283 cm³/mol. The SMILES string of the molecule is C.C.C.C.C.C.C.C.C.C.C.C.C.C.C.C.C.C.C.C.C.CC(F)(C(F)(F)F)C(F)(F)F.CC(F)(F)CF.CC(F)(F)CF.CCC(F)C(F)(F)F.CCC(F)C(F)(F)F.CCCF.CCCF.CCF. The molecule has 0 amide bonds. The van der Waals surface area contributed by atoms with E-state index < -0.39 is 87.7 Å². The van der Waals surface area contributed by atoms with Gasteiger partial charge in [0.05, 0.1) is 20.0 Å². The normalized spacial score (nSPS) is 9.13. The molecule has 0 aliphatic heterocycles. The largest absolute Gasteiger partial charge is 0.431 e. The third kappa shape index (κ3) is 185. The van der Waals surface area contributed by atoms with E-state index in [1.54, 1.807) is 13.8 Å². The van der Waals surface area contributed by atoms with E-state index in [4.69, 9.17) is 0 Å². The van der Waals surface area contributed by atoms with Crippen molar-refractivity contribution in [3.8, 4) is 0 Å². The van der Waals surface area contributed by atoms with Crippen LogP contribution in [0.4, 0.5) is 105 Å². The van der Waals surface area contributed by atoms with Crippen LogP contribution < -0.4 is 0 Å². The molecule has 0 N–H and O–H groups in total. The van der Waals surface area contributed by atoms with Gasteiger partial charge in [0.15, 0.2) is 25.7 Å². The van der Waals surface area contributed by atoms with Crippen LogP contribution in [0.2, 0.25) is 0 Å². The van der Waals surface area contributed by atoms with E-state index >= 15 is 0 Å². The Morgan fingerprint density at radius 3 is 0.394 bits per heavy atom. The lowest BCUT2D eigenvalue weighted by Gasteiger charge is -2.25. The van der Waals surface area contributed by atoms with E-state index in [2.05, 4.69) is 0 Å². The van der Waals surface area contributed by atoms with Crippen molar-refractivity contribution in [3.05, 3.63) is 0 Å². The van der Waals surface area contributed by atoms with Crippen LogP contribution in [0, 0.1) is 0 Å². The van der Waals surface area contributed by atoms with E-state index in [9.17, 15) is 105 Å². The monoisotopic (exact) mass is 1150 g/mol. The Morgan fingerprint density at radius 2 is 0.394 bits per heavy atom. The fraction of sp³-hybridized carbons (Fsp3) is 1.00. The zero-order chi connectivity index (χ0) is 43.0. The van der Waals surface area contributed by atoms with Gasteiger partial charge >= 0.3 is 24.7 Å². The third-order valence-corrected chi connectivity index (χ3v) is 3.34. The summed E-state index contributed by atoms with van der Waals surface area (Å²) in [5.74, 6) is -6.25. The molecule has 71 heavy (non-hydrogen) atoms. The summed E-state index contributed by atoms with van der Waals surface area (Å²) in [6.45, 7) is 4.14. The minimum atomic E-state index is -5.91. The summed E-state index contributed by atoms with van der Waals surface area (Å²) in [6, 6.07) is 0. The first-order valence-corrected chi connectivity index (χ1v) is 13.6. The summed E-state index contributed by atoms with van der Waals surface area (Å²) in [5.41, 5.74) is -5.12. The minimum Gasteiger partial charge on any atom is -0.251 e. The molecule has 2 unspecified atom stereocenters. The Labute approximate surface area is 430 Å². The molecule has 0 aromatic carbocycles. The molecule has 0 fully saturated rings. The Bertz CT molecular complexity index is 611. The lowest BCUT2D eigenvalue weighted by molar-refractivity contribution is -0.334. The smallest absolute Gasteiger partial charge is 0.251 e. The fourth-order valence-electron chi connectivity index (χ4n) is 0.624. The summed E-state index contributed by atoms with van der Waals surface area (Å²) in [6.07, 6.45) is -26.1. The molecule has 0 radical (unpaired) electrons. The topological polar surface area (TPSA) is 0 Å². The molecule has 0 rings (SSSR count). The second-order valence-electron chi connectivity index (χ2n) is 8.89. The third-order valence-electron chi connectivity index (χ3n) is 3.34. The van der Waals surface area contributed by atoms with Crippen LogP contribution in [0.25, 0.3) is 0 Å². The Morgan fingerprint density at radius 1 is 0.296 bits per heavy atom. The second kappa shape index (κ2) is 101. The van der Waals surface area contributed by atoms with Gasteiger partial charge in [0.2, 0.25) is 0 Å². The van der Waals surface area contributed by atoms with Crippen LogP contribution in [-0.4, -0.2) is 87.9 Å². The van der Waals surface area contributed by atoms with E-state index in [1.165, 1.54) is 6.92 Å². The molecule has 484 valence electrons. The maximum atomic E-state index is 11.9. The van der Waals surface area contributed by atoms with Gasteiger partial charge in [-0.3, -0.25) is 13.2 Å². The van der Waals surface area contributed by atoms with Gasteiger partial charge in [-0.05, 0) is 39.5 Å². The van der Waals surface area contributed by atoms with Crippen molar-refractivity contribution in [2.24, 2.45) is 0 Å². The number of halogens is 24. The molecule has 0 spiro atoms. The second-order valence-corrected chi connectivity index (χ2v) is 8.89. The zero-order valence-electron chi connectivity index (χ0n) is 28.1. The Balaban J connectivity index is -0.0000000103. The average Bonchev–Trinajstić information content (AvgIpc) is 2.95. The highest BCUT2D eigenvalue weighted by molar-refractivity contribution is 4.89. The van der Waals surface area contributed by atoms with Crippen molar-refractivity contribution in [1.82, 2.24) is 0 Å². The van der Waals surface area contributed by atoms with Crippen molar-refractivity contribution in [2.75, 3.05) is 33.4 Å². The summed E-state index contributed by atoms with van der Waals surface area (Å²) in [7, 11) is 0. The number of hydrogen-bond donors (Lipinski definition) is 0. The molecule has 24 heteroatoms. The van der Waals surface area contributed by atoms with Crippen LogP contribution in [0.3, 0.4) is 0 Å². The van der Waals surface area contributed by atoms with Crippen LogP contribution in [0.15, 0.2) is 0 Å². The van der Waals surface area contributed by atoms with Crippen LogP contribution in [0.5, 0.6) is 0 Å². The molecule has 0 aliphatic carbocycles. The molecule has 0 aliphatic rings. The van der Waals surface area contributed by atoms with Crippen molar-refractivity contribution < 1.29 is 105 Å². The van der Waals surface area contributed by atoms with E-state index in [-0.39, 0.29) is 176 Å². The van der Waals surface area contributed by atoms with Crippen LogP contribution in [0.1, 0.15) is 237 Å². The maximum absolute atomic E-state index is 11.9. The van der Waals surface area contributed by atoms with E-state index in [0.29, 0.717) is 26.7 Å². The molecule has 0 aromatic heterocycles. The van der Waals surface area contributed by atoms with Gasteiger partial charge in [0.25, 0.3) is 17.5 Å². The summed E-state index contributed by atoms with van der Waals surface area (Å²) in [5, 5.41) is 0.